The number of methoxy groups -OCH3 is 1. The molecular formula is C28H32F3N5O2. The lowest BCUT2D eigenvalue weighted by molar-refractivity contribution is -0.0881. The first-order valence-electron chi connectivity index (χ1n) is 11.5. The van der Waals surface area contributed by atoms with Crippen LogP contribution in [0, 0.1) is 0 Å². The third-order valence-corrected chi connectivity index (χ3v) is 5.31. The molecule has 1 aromatic heterocycles. The predicted molar refractivity (Wildman–Crippen MR) is 145 cm³/mol. The van der Waals surface area contributed by atoms with Crippen molar-refractivity contribution in [2.45, 2.75) is 33.2 Å². The minimum absolute atomic E-state index is 0.0288. The lowest BCUT2D eigenvalue weighted by Crippen LogP contribution is -2.10. The number of nitrogens with zero attached hydrogens (tertiary/aromatic N) is 5. The van der Waals surface area contributed by atoms with Gasteiger partial charge < -0.3 is 9.47 Å². The number of allylic oxidation sites excluding steroid dienone is 5. The highest BCUT2D eigenvalue weighted by atomic mass is 19.4. The average Bonchev–Trinajstić information content (AvgIpc) is 3.25. The second-order valence-electron chi connectivity index (χ2n) is 7.94. The van der Waals surface area contributed by atoms with Crippen molar-refractivity contribution < 1.29 is 22.6 Å². The highest BCUT2D eigenvalue weighted by Gasteiger charge is 2.30. The molecule has 0 aliphatic heterocycles. The first-order valence-corrected chi connectivity index (χ1v) is 11.5. The fraction of sp³-hybridized carbons (Fsp3) is 0.250. The molecule has 0 saturated carbocycles. The van der Waals surface area contributed by atoms with Gasteiger partial charge in [0.2, 0.25) is 5.90 Å². The second kappa shape index (κ2) is 13.8. The summed E-state index contributed by atoms with van der Waals surface area (Å²) in [5, 5.41) is 10.2. The number of alkyl halides is 3. The highest BCUT2D eigenvalue weighted by Crippen LogP contribution is 2.26. The van der Waals surface area contributed by atoms with Gasteiger partial charge in [0.1, 0.15) is 6.61 Å². The molecule has 0 N–H and O–H groups in total. The molecule has 7 nitrogen and oxygen atoms in total. The Labute approximate surface area is 221 Å². The van der Waals surface area contributed by atoms with Crippen molar-refractivity contribution in [3.63, 3.8) is 0 Å². The lowest BCUT2D eigenvalue weighted by atomic mass is 10.1. The Kier molecular flexibility index (Phi) is 10.9. The van der Waals surface area contributed by atoms with E-state index in [9.17, 15) is 13.2 Å². The molecule has 0 unspecified atom stereocenters. The molecule has 0 spiro atoms. The lowest BCUT2D eigenvalue weighted by Gasteiger charge is -2.14. The van der Waals surface area contributed by atoms with Gasteiger partial charge in [-0.3, -0.25) is 9.69 Å². The number of aliphatic imine (C=N–C) groups is 1. The molecule has 1 aromatic carbocycles. The maximum atomic E-state index is 12.9. The molecule has 0 aliphatic rings. The van der Waals surface area contributed by atoms with E-state index < -0.39 is 11.7 Å². The molecule has 202 valence electrons. The van der Waals surface area contributed by atoms with Crippen molar-refractivity contribution in [2.24, 2.45) is 17.1 Å². The summed E-state index contributed by atoms with van der Waals surface area (Å²) in [4.78, 5) is 4.55. The van der Waals surface area contributed by atoms with Crippen LogP contribution in [0.1, 0.15) is 36.2 Å². The summed E-state index contributed by atoms with van der Waals surface area (Å²) in [7, 11) is 3.20. The van der Waals surface area contributed by atoms with Crippen molar-refractivity contribution in [1.29, 1.82) is 0 Å². The van der Waals surface area contributed by atoms with Gasteiger partial charge in [0.15, 0.2) is 0 Å². The Bertz CT molecular complexity index is 1250. The van der Waals surface area contributed by atoms with Gasteiger partial charge in [0, 0.05) is 19.5 Å². The number of hydrogen-bond acceptors (Lipinski definition) is 6. The minimum Gasteiger partial charge on any atom is -0.492 e. The van der Waals surface area contributed by atoms with Crippen LogP contribution < -0.4 is 0 Å². The minimum atomic E-state index is -4.49. The summed E-state index contributed by atoms with van der Waals surface area (Å²) in [5.74, 6) is 0.550. The van der Waals surface area contributed by atoms with Crippen LogP contribution >= 0.6 is 0 Å². The summed E-state index contributed by atoms with van der Waals surface area (Å²) in [6, 6.07) is 7.71. The first kappa shape index (κ1) is 29.9. The molecule has 0 atom stereocenters. The SMILES string of the molecule is C=C/C(=C\C=C(/C)OCc1c(C(=NC(=C)c2ccc(CN(C=C)/N=C\C)cc2)OC)cnn1C)C(F)(F)F. The van der Waals surface area contributed by atoms with E-state index in [2.05, 4.69) is 34.9 Å². The number of halogens is 3. The van der Waals surface area contributed by atoms with Crippen LogP contribution in [0.2, 0.25) is 0 Å². The fourth-order valence-electron chi connectivity index (χ4n) is 3.22. The van der Waals surface area contributed by atoms with Crippen molar-refractivity contribution in [1.82, 2.24) is 14.8 Å². The molecule has 0 saturated heterocycles. The van der Waals surface area contributed by atoms with Gasteiger partial charge >= 0.3 is 6.18 Å². The molecule has 0 amide bonds. The molecule has 0 bridgehead atoms. The largest absolute Gasteiger partial charge is 0.492 e. The molecule has 1 heterocycles. The van der Waals surface area contributed by atoms with Crippen molar-refractivity contribution in [3.8, 4) is 0 Å². The second-order valence-corrected chi connectivity index (χ2v) is 7.94. The van der Waals surface area contributed by atoms with Crippen LogP contribution in [0.25, 0.3) is 5.70 Å². The van der Waals surface area contributed by atoms with Crippen LogP contribution in [-0.4, -0.2) is 40.2 Å². The predicted octanol–water partition coefficient (Wildman–Crippen LogP) is 6.53. The number of ether oxygens (including phenoxy) is 2. The summed E-state index contributed by atoms with van der Waals surface area (Å²) in [6.45, 7) is 15.0. The third-order valence-electron chi connectivity index (χ3n) is 5.31. The monoisotopic (exact) mass is 527 g/mol. The maximum absolute atomic E-state index is 12.9. The van der Waals surface area contributed by atoms with Crippen LogP contribution in [0.15, 0.2) is 96.1 Å². The van der Waals surface area contributed by atoms with Crippen LogP contribution in [0.5, 0.6) is 0 Å². The van der Waals surface area contributed by atoms with E-state index in [-0.39, 0.29) is 18.3 Å². The van der Waals surface area contributed by atoms with Gasteiger partial charge in [-0.2, -0.15) is 23.4 Å². The van der Waals surface area contributed by atoms with Gasteiger partial charge in [-0.15, -0.1) is 0 Å². The topological polar surface area (TPSA) is 64.2 Å². The number of rotatable bonds is 12. The van der Waals surface area contributed by atoms with Crippen molar-refractivity contribution in [2.75, 3.05) is 7.11 Å². The summed E-state index contributed by atoms with van der Waals surface area (Å²) in [6.07, 6.45) is 3.32. The van der Waals surface area contributed by atoms with Gasteiger partial charge in [-0.05, 0) is 37.1 Å². The smallest absolute Gasteiger partial charge is 0.416 e. The van der Waals surface area contributed by atoms with E-state index in [1.54, 1.807) is 42.3 Å². The van der Waals surface area contributed by atoms with Crippen molar-refractivity contribution in [3.05, 3.63) is 108 Å². The molecule has 38 heavy (non-hydrogen) atoms. The van der Waals surface area contributed by atoms with E-state index in [4.69, 9.17) is 9.47 Å². The van der Waals surface area contributed by atoms with E-state index >= 15 is 0 Å². The molecule has 2 rings (SSSR count). The highest BCUT2D eigenvalue weighted by molar-refractivity contribution is 5.98. The molecule has 10 heteroatoms. The Morgan fingerprint density at radius 3 is 2.42 bits per heavy atom. The van der Waals surface area contributed by atoms with Gasteiger partial charge in [0.05, 0.1) is 48.1 Å². The number of aryl methyl sites for hydroxylation is 1. The Hall–Kier alpha value is -4.34. The fourth-order valence-corrected chi connectivity index (χ4v) is 3.22. The van der Waals surface area contributed by atoms with Crippen LogP contribution in [-0.2, 0) is 29.7 Å². The van der Waals surface area contributed by atoms with Gasteiger partial charge in [0.25, 0.3) is 0 Å². The Morgan fingerprint density at radius 1 is 1.18 bits per heavy atom. The zero-order valence-corrected chi connectivity index (χ0v) is 22.0. The molecule has 2 aromatic rings. The average molecular weight is 528 g/mol. The summed E-state index contributed by atoms with van der Waals surface area (Å²) < 4.78 is 51.4. The molecular weight excluding hydrogens is 495 g/mol. The zero-order chi connectivity index (χ0) is 28.3. The molecule has 0 radical (unpaired) electrons. The number of hydrazone groups is 1. The zero-order valence-electron chi connectivity index (χ0n) is 22.0. The first-order chi connectivity index (χ1) is 18.0. The maximum Gasteiger partial charge on any atom is 0.416 e. The summed E-state index contributed by atoms with van der Waals surface area (Å²) in [5.41, 5.74) is 2.62. The van der Waals surface area contributed by atoms with E-state index in [0.29, 0.717) is 23.5 Å². The standard InChI is InChI=1S/C28H32F3N5O2/c1-8-24(28(29,30)31)16-11-20(4)38-19-26-25(17-33-35(26)6)27(37-7)34-21(5)23-14-12-22(13-15-23)18-36(10-3)32-9-2/h8-17H,1,3,5,18-19H2,2,4,6-7H3/b20-11+,24-16+,32-9-,34-27?. The van der Waals surface area contributed by atoms with Crippen LogP contribution in [0.4, 0.5) is 13.2 Å². The number of aromatic nitrogens is 2. The van der Waals surface area contributed by atoms with Gasteiger partial charge in [-0.25, -0.2) is 4.99 Å². The van der Waals surface area contributed by atoms with E-state index in [0.717, 1.165) is 23.3 Å². The number of hydrogen-bond donors (Lipinski definition) is 0. The molecule has 0 aliphatic carbocycles. The normalized spacial score (nSPS) is 13.0. The van der Waals surface area contributed by atoms with Crippen molar-refractivity contribution >= 4 is 17.8 Å². The van der Waals surface area contributed by atoms with Crippen LogP contribution in [0.3, 0.4) is 0 Å². The Morgan fingerprint density at radius 2 is 1.87 bits per heavy atom. The quantitative estimate of drug-likeness (QED) is 0.104. The number of benzene rings is 1. The Balaban J connectivity index is 2.21. The van der Waals surface area contributed by atoms with E-state index in [1.807, 2.05) is 31.2 Å². The summed E-state index contributed by atoms with van der Waals surface area (Å²) >= 11 is 0. The molecule has 0 fully saturated rings. The third kappa shape index (κ3) is 8.36. The van der Waals surface area contributed by atoms with Gasteiger partial charge in [-0.1, -0.05) is 50.1 Å². The van der Waals surface area contributed by atoms with E-state index in [1.165, 1.54) is 13.2 Å².